The second-order valence-electron chi connectivity index (χ2n) is 5.05. The fourth-order valence-corrected chi connectivity index (χ4v) is 4.43. The van der Waals surface area contributed by atoms with E-state index in [0.29, 0.717) is 5.25 Å². The molecular formula is C19H14S2. The molecule has 0 N–H and O–H groups in total. The molecule has 0 heterocycles. The molecule has 1 unspecified atom stereocenters. The number of fused-ring (bicyclic) bond motifs is 2. The molecule has 2 bridgehead atoms. The molecule has 2 aliphatic rings. The molecule has 102 valence electrons. The highest BCUT2D eigenvalue weighted by Crippen LogP contribution is 2.43. The molecule has 0 aliphatic heterocycles. The Bertz CT molecular complexity index is 725. The van der Waals surface area contributed by atoms with E-state index in [9.17, 15) is 0 Å². The highest BCUT2D eigenvalue weighted by atomic mass is 32.2. The van der Waals surface area contributed by atoms with Gasteiger partial charge in [0.2, 0.25) is 0 Å². The first kappa shape index (κ1) is 13.1. The molecule has 2 heteroatoms. The molecule has 1 atom stereocenters. The van der Waals surface area contributed by atoms with Crippen LogP contribution in [0.4, 0.5) is 0 Å². The van der Waals surface area contributed by atoms with Gasteiger partial charge in [-0.2, -0.15) is 0 Å². The van der Waals surface area contributed by atoms with Gasteiger partial charge in [0, 0.05) is 14.7 Å². The summed E-state index contributed by atoms with van der Waals surface area (Å²) in [5.74, 6) is 0. The van der Waals surface area contributed by atoms with Gasteiger partial charge in [-0.25, -0.2) is 0 Å². The van der Waals surface area contributed by atoms with Crippen LogP contribution < -0.4 is 0 Å². The maximum absolute atomic E-state index is 2.28. The van der Waals surface area contributed by atoms with E-state index in [1.807, 2.05) is 23.5 Å². The largest absolute Gasteiger partial charge is 0.113 e. The maximum atomic E-state index is 2.28. The molecule has 4 rings (SSSR count). The van der Waals surface area contributed by atoms with Crippen LogP contribution >= 0.6 is 23.5 Å². The predicted molar refractivity (Wildman–Crippen MR) is 92.0 cm³/mol. The third-order valence-corrected chi connectivity index (χ3v) is 5.91. The molecule has 2 aliphatic carbocycles. The van der Waals surface area contributed by atoms with E-state index < -0.39 is 0 Å². The van der Waals surface area contributed by atoms with Gasteiger partial charge in [0.05, 0.1) is 5.25 Å². The lowest BCUT2D eigenvalue weighted by atomic mass is 9.87. The van der Waals surface area contributed by atoms with Crippen molar-refractivity contribution in [1.82, 2.24) is 0 Å². The van der Waals surface area contributed by atoms with Crippen molar-refractivity contribution in [2.75, 3.05) is 0 Å². The predicted octanol–water partition coefficient (Wildman–Crippen LogP) is 5.73. The van der Waals surface area contributed by atoms with Crippen molar-refractivity contribution in [2.24, 2.45) is 0 Å². The van der Waals surface area contributed by atoms with Crippen molar-refractivity contribution in [3.05, 3.63) is 90.0 Å². The first-order valence-corrected chi connectivity index (χ1v) is 8.67. The van der Waals surface area contributed by atoms with Gasteiger partial charge in [-0.15, -0.1) is 11.8 Å². The van der Waals surface area contributed by atoms with Crippen LogP contribution in [-0.2, 0) is 0 Å². The van der Waals surface area contributed by atoms with Gasteiger partial charge < -0.3 is 0 Å². The van der Waals surface area contributed by atoms with Crippen LogP contribution in [0.2, 0.25) is 0 Å². The quantitative estimate of drug-likeness (QED) is 0.707. The molecule has 0 saturated heterocycles. The monoisotopic (exact) mass is 306 g/mol. The molecule has 2 aromatic rings. The number of thioether (sulfide) groups is 1. The minimum Gasteiger partial charge on any atom is -0.113 e. The average molecular weight is 306 g/mol. The van der Waals surface area contributed by atoms with Crippen LogP contribution in [0.1, 0.15) is 0 Å². The fourth-order valence-electron chi connectivity index (χ4n) is 2.46. The van der Waals surface area contributed by atoms with Crippen LogP contribution in [0, 0.1) is 0 Å². The van der Waals surface area contributed by atoms with E-state index in [1.54, 1.807) is 0 Å². The van der Waals surface area contributed by atoms with Gasteiger partial charge >= 0.3 is 0 Å². The zero-order valence-corrected chi connectivity index (χ0v) is 13.0. The van der Waals surface area contributed by atoms with Gasteiger partial charge in [-0.3, -0.25) is 0 Å². The Morgan fingerprint density at radius 2 is 1.43 bits per heavy atom. The Hall–Kier alpha value is -1.64. The van der Waals surface area contributed by atoms with E-state index in [-0.39, 0.29) is 0 Å². The molecule has 0 saturated carbocycles. The van der Waals surface area contributed by atoms with Crippen LogP contribution in [0.5, 0.6) is 0 Å². The van der Waals surface area contributed by atoms with Crippen molar-refractivity contribution >= 4 is 23.5 Å². The standard InChI is InChI=1S/C19H14S2/c1-2-7-16(8-3-1)20-17-9-11-18(12-10-17)21-19-14-5-4-6-15(19)13-14/h1-13,19H. The van der Waals surface area contributed by atoms with Crippen molar-refractivity contribution < 1.29 is 0 Å². The van der Waals surface area contributed by atoms with Gasteiger partial charge in [0.15, 0.2) is 0 Å². The summed E-state index contributed by atoms with van der Waals surface area (Å²) in [5, 5.41) is 0.544. The molecule has 0 nitrogen and oxygen atoms in total. The average Bonchev–Trinajstić information content (AvgIpc) is 2.55. The second-order valence-corrected chi connectivity index (χ2v) is 7.38. The zero-order chi connectivity index (χ0) is 14.1. The van der Waals surface area contributed by atoms with Crippen molar-refractivity contribution in [3.63, 3.8) is 0 Å². The first-order chi connectivity index (χ1) is 10.4. The lowest BCUT2D eigenvalue weighted by molar-refractivity contribution is 1.11. The third-order valence-electron chi connectivity index (χ3n) is 3.57. The zero-order valence-electron chi connectivity index (χ0n) is 11.4. The summed E-state index contributed by atoms with van der Waals surface area (Å²) in [6.45, 7) is 0. The van der Waals surface area contributed by atoms with Gasteiger partial charge in [-0.05, 0) is 47.5 Å². The lowest BCUT2D eigenvalue weighted by Gasteiger charge is -2.30. The second kappa shape index (κ2) is 5.63. The molecule has 21 heavy (non-hydrogen) atoms. The molecule has 0 aromatic heterocycles. The number of allylic oxidation sites excluding steroid dienone is 4. The first-order valence-electron chi connectivity index (χ1n) is 6.98. The number of rotatable bonds is 4. The topological polar surface area (TPSA) is 0 Å². The SMILES string of the molecule is c1ccc(Sc2ccc(SC3c4cccc3c4)cc2)cc1. The molecule has 0 spiro atoms. The third kappa shape index (κ3) is 2.74. The van der Waals surface area contributed by atoms with E-state index in [1.165, 1.54) is 25.8 Å². The highest BCUT2D eigenvalue weighted by molar-refractivity contribution is 8.00. The smallest absolute Gasteiger partial charge is 0.0594 e. The van der Waals surface area contributed by atoms with E-state index in [0.717, 1.165) is 0 Å². The highest BCUT2D eigenvalue weighted by Gasteiger charge is 2.27. The number of hydrogen-bond donors (Lipinski definition) is 0. The van der Waals surface area contributed by atoms with E-state index in [2.05, 4.69) is 78.9 Å². The summed E-state index contributed by atoms with van der Waals surface area (Å²) in [7, 11) is 0. The summed E-state index contributed by atoms with van der Waals surface area (Å²) >= 11 is 3.75. The minimum atomic E-state index is 0.544. The fraction of sp³-hybridized carbons (Fsp3) is 0.0526. The van der Waals surface area contributed by atoms with E-state index >= 15 is 0 Å². The molecule has 0 fully saturated rings. The molecule has 2 aromatic carbocycles. The normalized spacial score (nSPS) is 18.8. The van der Waals surface area contributed by atoms with Crippen LogP contribution in [-0.4, -0.2) is 5.25 Å². The van der Waals surface area contributed by atoms with Gasteiger partial charge in [0.25, 0.3) is 0 Å². The van der Waals surface area contributed by atoms with Crippen molar-refractivity contribution in [1.29, 1.82) is 0 Å². The van der Waals surface area contributed by atoms with Crippen LogP contribution in [0.15, 0.2) is 105 Å². The summed E-state index contributed by atoms with van der Waals surface area (Å²) in [6.07, 6.45) is 8.84. The Balaban J connectivity index is 1.44. The van der Waals surface area contributed by atoms with Gasteiger partial charge in [0.1, 0.15) is 0 Å². The molecule has 0 radical (unpaired) electrons. The summed E-state index contributed by atoms with van der Waals surface area (Å²) in [6, 6.07) is 19.4. The molecule has 0 amide bonds. The Kier molecular flexibility index (Phi) is 3.50. The Morgan fingerprint density at radius 3 is 2.10 bits per heavy atom. The van der Waals surface area contributed by atoms with Gasteiger partial charge in [-0.1, -0.05) is 54.3 Å². The number of hydrogen-bond acceptors (Lipinski definition) is 2. The maximum Gasteiger partial charge on any atom is 0.0594 e. The summed E-state index contributed by atoms with van der Waals surface area (Å²) < 4.78 is 0. The van der Waals surface area contributed by atoms with Crippen molar-refractivity contribution in [2.45, 2.75) is 19.9 Å². The Labute approximate surface area is 133 Å². The molecular weight excluding hydrogens is 292 g/mol. The van der Waals surface area contributed by atoms with Crippen LogP contribution in [0.3, 0.4) is 0 Å². The summed E-state index contributed by atoms with van der Waals surface area (Å²) in [5.41, 5.74) is 2.89. The Morgan fingerprint density at radius 1 is 0.714 bits per heavy atom. The minimum absolute atomic E-state index is 0.544. The lowest BCUT2D eigenvalue weighted by Crippen LogP contribution is -2.19. The van der Waals surface area contributed by atoms with E-state index in [4.69, 9.17) is 0 Å². The summed E-state index contributed by atoms with van der Waals surface area (Å²) in [4.78, 5) is 3.91. The number of benzene rings is 2. The van der Waals surface area contributed by atoms with Crippen LogP contribution in [0.25, 0.3) is 0 Å². The van der Waals surface area contributed by atoms with Crippen molar-refractivity contribution in [3.8, 4) is 0 Å².